The lowest BCUT2D eigenvalue weighted by Gasteiger charge is -2.25. The van der Waals surface area contributed by atoms with E-state index in [1.165, 1.54) is 0 Å². The molecule has 1 atom stereocenters. The number of hydrogen-bond donors (Lipinski definition) is 0. The Bertz CT molecular complexity index is 393. The van der Waals surface area contributed by atoms with Gasteiger partial charge in [-0.25, -0.2) is 0 Å². The van der Waals surface area contributed by atoms with Crippen LogP contribution >= 0.6 is 0 Å². The topological polar surface area (TPSA) is 26.3 Å². The molecule has 1 unspecified atom stereocenters. The van der Waals surface area contributed by atoms with Crippen LogP contribution in [0.4, 0.5) is 0 Å². The van der Waals surface area contributed by atoms with Crippen LogP contribution in [0.1, 0.15) is 45.3 Å². The van der Waals surface area contributed by atoms with E-state index in [1.54, 1.807) is 6.08 Å². The van der Waals surface area contributed by atoms with E-state index >= 15 is 0 Å². The third-order valence-corrected chi connectivity index (χ3v) is 3.24. The van der Waals surface area contributed by atoms with Gasteiger partial charge in [-0.15, -0.1) is 6.58 Å². The van der Waals surface area contributed by atoms with E-state index in [-0.39, 0.29) is 12.1 Å². The Kier molecular flexibility index (Phi) is 5.14. The summed E-state index contributed by atoms with van der Waals surface area (Å²) in [5, 5.41) is 0. The first-order chi connectivity index (χ1) is 8.51. The van der Waals surface area contributed by atoms with Crippen LogP contribution in [0.3, 0.4) is 0 Å². The van der Waals surface area contributed by atoms with Gasteiger partial charge in [0.15, 0.2) is 0 Å². The highest BCUT2D eigenvalue weighted by Gasteiger charge is 2.29. The van der Waals surface area contributed by atoms with Gasteiger partial charge in [-0.05, 0) is 25.8 Å². The zero-order chi connectivity index (χ0) is 13.6. The summed E-state index contributed by atoms with van der Waals surface area (Å²) in [6, 6.07) is 9.79. The van der Waals surface area contributed by atoms with E-state index in [1.807, 2.05) is 51.1 Å². The SMILES string of the molecule is C=CCC(OC(=O)C(C)(C)CC)c1ccccc1. The fourth-order valence-corrected chi connectivity index (χ4v) is 1.50. The average molecular weight is 246 g/mol. The van der Waals surface area contributed by atoms with Gasteiger partial charge in [0.25, 0.3) is 0 Å². The Hall–Kier alpha value is -1.57. The molecule has 0 N–H and O–H groups in total. The van der Waals surface area contributed by atoms with Gasteiger partial charge in [-0.3, -0.25) is 4.79 Å². The van der Waals surface area contributed by atoms with Crippen molar-refractivity contribution in [1.29, 1.82) is 0 Å². The van der Waals surface area contributed by atoms with Crippen molar-refractivity contribution in [3.63, 3.8) is 0 Å². The van der Waals surface area contributed by atoms with Crippen molar-refractivity contribution in [2.24, 2.45) is 5.41 Å². The van der Waals surface area contributed by atoms with E-state index in [0.717, 1.165) is 12.0 Å². The lowest BCUT2D eigenvalue weighted by Crippen LogP contribution is -2.27. The molecule has 0 aliphatic carbocycles. The number of rotatable bonds is 6. The Morgan fingerprint density at radius 2 is 2.00 bits per heavy atom. The summed E-state index contributed by atoms with van der Waals surface area (Å²) in [5.41, 5.74) is 0.575. The van der Waals surface area contributed by atoms with Crippen LogP contribution in [0.2, 0.25) is 0 Å². The molecule has 1 rings (SSSR count). The highest BCUT2D eigenvalue weighted by Crippen LogP contribution is 2.28. The quantitative estimate of drug-likeness (QED) is 0.553. The Balaban J connectivity index is 2.82. The molecule has 98 valence electrons. The molecule has 0 aromatic heterocycles. The highest BCUT2D eigenvalue weighted by molar-refractivity contribution is 5.76. The minimum atomic E-state index is -0.436. The van der Waals surface area contributed by atoms with Crippen molar-refractivity contribution in [1.82, 2.24) is 0 Å². The van der Waals surface area contributed by atoms with Crippen LogP contribution < -0.4 is 0 Å². The van der Waals surface area contributed by atoms with E-state index in [2.05, 4.69) is 6.58 Å². The number of benzene rings is 1. The number of esters is 1. The first kappa shape index (κ1) is 14.5. The summed E-state index contributed by atoms with van der Waals surface area (Å²) < 4.78 is 5.62. The lowest BCUT2D eigenvalue weighted by atomic mass is 9.90. The van der Waals surface area contributed by atoms with Crippen molar-refractivity contribution in [3.8, 4) is 0 Å². The van der Waals surface area contributed by atoms with E-state index in [0.29, 0.717) is 6.42 Å². The molecule has 2 nitrogen and oxygen atoms in total. The second-order valence-corrected chi connectivity index (χ2v) is 5.07. The molecule has 1 aromatic rings. The molecule has 0 radical (unpaired) electrons. The summed E-state index contributed by atoms with van der Waals surface area (Å²) in [4.78, 5) is 12.1. The number of carbonyl (C=O) groups excluding carboxylic acids is 1. The molecule has 0 aliphatic rings. The summed E-state index contributed by atoms with van der Waals surface area (Å²) in [7, 11) is 0. The van der Waals surface area contributed by atoms with E-state index < -0.39 is 5.41 Å². The normalized spacial score (nSPS) is 12.8. The van der Waals surface area contributed by atoms with E-state index in [4.69, 9.17) is 4.74 Å². The molecule has 0 heterocycles. The smallest absolute Gasteiger partial charge is 0.312 e. The highest BCUT2D eigenvalue weighted by atomic mass is 16.5. The summed E-state index contributed by atoms with van der Waals surface area (Å²) in [5.74, 6) is -0.152. The predicted molar refractivity (Wildman–Crippen MR) is 74.2 cm³/mol. The van der Waals surface area contributed by atoms with Crippen molar-refractivity contribution >= 4 is 5.97 Å². The molecule has 18 heavy (non-hydrogen) atoms. The minimum absolute atomic E-state index is 0.152. The maximum Gasteiger partial charge on any atom is 0.312 e. The Labute approximate surface area is 110 Å². The van der Waals surface area contributed by atoms with Crippen LogP contribution in [-0.4, -0.2) is 5.97 Å². The van der Waals surface area contributed by atoms with Gasteiger partial charge in [0.2, 0.25) is 0 Å². The summed E-state index contributed by atoms with van der Waals surface area (Å²) in [6.45, 7) is 9.53. The number of carbonyl (C=O) groups is 1. The maximum absolute atomic E-state index is 12.1. The maximum atomic E-state index is 12.1. The molecule has 0 saturated heterocycles. The minimum Gasteiger partial charge on any atom is -0.457 e. The van der Waals surface area contributed by atoms with Gasteiger partial charge < -0.3 is 4.74 Å². The van der Waals surface area contributed by atoms with Crippen LogP contribution in [0.5, 0.6) is 0 Å². The third-order valence-electron chi connectivity index (χ3n) is 3.24. The van der Waals surface area contributed by atoms with Crippen molar-refractivity contribution in [2.45, 2.75) is 39.7 Å². The standard InChI is InChI=1S/C16H22O2/c1-5-10-14(13-11-8-7-9-12-13)18-15(17)16(3,4)6-2/h5,7-9,11-12,14H,1,6,10H2,2-4H3. The first-order valence-corrected chi connectivity index (χ1v) is 6.38. The third kappa shape index (κ3) is 3.73. The molecule has 0 spiro atoms. The van der Waals surface area contributed by atoms with Crippen LogP contribution in [0.25, 0.3) is 0 Å². The Morgan fingerprint density at radius 3 is 2.50 bits per heavy atom. The van der Waals surface area contributed by atoms with Gasteiger partial charge in [-0.2, -0.15) is 0 Å². The zero-order valence-corrected chi connectivity index (χ0v) is 11.5. The predicted octanol–water partition coefficient (Wildman–Crippen LogP) is 4.28. The van der Waals surface area contributed by atoms with Gasteiger partial charge in [0, 0.05) is 6.42 Å². The molecule has 2 heteroatoms. The van der Waals surface area contributed by atoms with Gasteiger partial charge >= 0.3 is 5.97 Å². The largest absolute Gasteiger partial charge is 0.457 e. The monoisotopic (exact) mass is 246 g/mol. The molecule has 0 amide bonds. The molecule has 0 fully saturated rings. The van der Waals surface area contributed by atoms with Crippen LogP contribution in [0.15, 0.2) is 43.0 Å². The number of ether oxygens (including phenoxy) is 1. The zero-order valence-electron chi connectivity index (χ0n) is 11.5. The van der Waals surface area contributed by atoms with E-state index in [9.17, 15) is 4.79 Å². The number of hydrogen-bond acceptors (Lipinski definition) is 2. The molecular weight excluding hydrogens is 224 g/mol. The van der Waals surface area contributed by atoms with Crippen LogP contribution in [-0.2, 0) is 9.53 Å². The van der Waals surface area contributed by atoms with Crippen molar-refractivity contribution in [3.05, 3.63) is 48.6 Å². The second-order valence-electron chi connectivity index (χ2n) is 5.07. The van der Waals surface area contributed by atoms with Gasteiger partial charge in [-0.1, -0.05) is 43.3 Å². The first-order valence-electron chi connectivity index (χ1n) is 6.38. The molecule has 0 saturated carbocycles. The Morgan fingerprint density at radius 1 is 1.39 bits per heavy atom. The fraction of sp³-hybridized carbons (Fsp3) is 0.438. The lowest BCUT2D eigenvalue weighted by molar-refractivity contribution is -0.160. The van der Waals surface area contributed by atoms with Gasteiger partial charge in [0.05, 0.1) is 5.41 Å². The van der Waals surface area contributed by atoms with Crippen LogP contribution in [0, 0.1) is 5.41 Å². The summed E-state index contributed by atoms with van der Waals surface area (Å²) in [6.07, 6.45) is 2.95. The van der Waals surface area contributed by atoms with Gasteiger partial charge in [0.1, 0.15) is 6.10 Å². The second kappa shape index (κ2) is 6.39. The molecule has 0 aliphatic heterocycles. The molecular formula is C16H22O2. The molecule has 1 aromatic carbocycles. The summed E-state index contributed by atoms with van der Waals surface area (Å²) >= 11 is 0. The van der Waals surface area contributed by atoms with Crippen molar-refractivity contribution in [2.75, 3.05) is 0 Å². The average Bonchev–Trinajstić information content (AvgIpc) is 2.39. The van der Waals surface area contributed by atoms with Crippen molar-refractivity contribution < 1.29 is 9.53 Å². The molecule has 0 bridgehead atoms. The fourth-order valence-electron chi connectivity index (χ4n) is 1.50.